The molecule has 1 unspecified atom stereocenters. The second-order valence-corrected chi connectivity index (χ2v) is 10.6. The van der Waals surface area contributed by atoms with Crippen molar-refractivity contribution in [2.45, 2.75) is 83.4 Å². The van der Waals surface area contributed by atoms with Crippen LogP contribution in [0.25, 0.3) is 0 Å². The first-order valence-corrected chi connectivity index (χ1v) is 11.7. The molecule has 0 amide bonds. The predicted molar refractivity (Wildman–Crippen MR) is 113 cm³/mol. The molecular formula is C25H34O6. The Morgan fingerprint density at radius 3 is 2.87 bits per heavy atom. The summed E-state index contributed by atoms with van der Waals surface area (Å²) >= 11 is 0. The SMILES string of the molecule is [2H]C1(CCC)O[C@@H]2C[C@H]3[C@@H]4CC=C5CC(=O)C=C[C@]5(C)[C@H]4[C@@H](O)C[C@]3(C)[C@]2(C(=O)CO)O1. The fourth-order valence-electron chi connectivity index (χ4n) is 7.87. The molecule has 1 saturated heterocycles. The summed E-state index contributed by atoms with van der Waals surface area (Å²) in [4.78, 5) is 25.3. The Labute approximate surface area is 185 Å². The largest absolute Gasteiger partial charge is 0.393 e. The van der Waals surface area contributed by atoms with Gasteiger partial charge in [-0.1, -0.05) is 44.9 Å². The summed E-state index contributed by atoms with van der Waals surface area (Å²) in [7, 11) is 0. The summed E-state index contributed by atoms with van der Waals surface area (Å²) in [5, 5.41) is 21.4. The van der Waals surface area contributed by atoms with Crippen LogP contribution in [0.5, 0.6) is 0 Å². The van der Waals surface area contributed by atoms with E-state index in [-0.39, 0.29) is 23.5 Å². The van der Waals surface area contributed by atoms with Crippen LogP contribution in [-0.2, 0) is 19.1 Å². The van der Waals surface area contributed by atoms with Crippen molar-refractivity contribution < 1.29 is 30.6 Å². The maximum atomic E-state index is 13.3. The van der Waals surface area contributed by atoms with Crippen molar-refractivity contribution in [1.82, 2.24) is 0 Å². The average Bonchev–Trinajstić information content (AvgIpc) is 3.15. The summed E-state index contributed by atoms with van der Waals surface area (Å²) < 4.78 is 21.0. The molecule has 0 spiro atoms. The number of hydrogen-bond acceptors (Lipinski definition) is 6. The second kappa shape index (κ2) is 7.08. The normalized spacial score (nSPS) is 53.2. The standard InChI is InChI=1S/C25H34O6/c1-4-5-21-30-20-11-17-16-7-6-14-10-15(27)8-9-23(14,2)22(16)18(28)12-24(17,3)25(20,31-21)19(29)13-26/h6,8-9,16-18,20-22,26,28H,4-5,7,10-13H2,1-3H3/t16-,17-,18-,20+,21?,22+,23-,24-,25+/m0/s1/i21D. The van der Waals surface area contributed by atoms with Gasteiger partial charge >= 0.3 is 0 Å². The van der Waals surface area contributed by atoms with Gasteiger partial charge in [-0.3, -0.25) is 9.59 Å². The zero-order valence-electron chi connectivity index (χ0n) is 19.6. The van der Waals surface area contributed by atoms with E-state index < -0.39 is 47.3 Å². The first kappa shape index (κ1) is 20.3. The molecule has 170 valence electrons. The zero-order valence-corrected chi connectivity index (χ0v) is 18.6. The molecule has 3 fully saturated rings. The van der Waals surface area contributed by atoms with E-state index in [9.17, 15) is 19.8 Å². The van der Waals surface area contributed by atoms with E-state index in [2.05, 4.69) is 13.0 Å². The highest BCUT2D eigenvalue weighted by molar-refractivity contribution is 5.93. The third-order valence-electron chi connectivity index (χ3n) is 9.18. The summed E-state index contributed by atoms with van der Waals surface area (Å²) in [6.07, 6.45) is 5.84. The van der Waals surface area contributed by atoms with Crippen molar-refractivity contribution in [2.24, 2.45) is 28.6 Å². The van der Waals surface area contributed by atoms with Crippen molar-refractivity contribution in [3.63, 3.8) is 0 Å². The smallest absolute Gasteiger partial charge is 0.193 e. The monoisotopic (exact) mass is 431 g/mol. The van der Waals surface area contributed by atoms with Gasteiger partial charge in [-0.2, -0.15) is 0 Å². The number of fused-ring (bicyclic) bond motifs is 7. The quantitative estimate of drug-likeness (QED) is 0.665. The lowest BCUT2D eigenvalue weighted by molar-refractivity contribution is -0.198. The van der Waals surface area contributed by atoms with E-state index >= 15 is 0 Å². The number of allylic oxidation sites excluding steroid dienone is 4. The van der Waals surface area contributed by atoms with Gasteiger partial charge in [0.2, 0.25) is 0 Å². The molecular weight excluding hydrogens is 396 g/mol. The minimum absolute atomic E-state index is 0.0308. The molecule has 0 bridgehead atoms. The minimum atomic E-state index is -1.61. The predicted octanol–water partition coefficient (Wildman–Crippen LogP) is 2.72. The Bertz CT molecular complexity index is 914. The highest BCUT2D eigenvalue weighted by atomic mass is 16.7. The Morgan fingerprint density at radius 1 is 1.39 bits per heavy atom. The fourth-order valence-corrected chi connectivity index (χ4v) is 7.87. The number of aliphatic hydroxyl groups excluding tert-OH is 2. The van der Waals surface area contributed by atoms with Crippen LogP contribution in [0, 0.1) is 28.6 Å². The molecule has 9 atom stereocenters. The maximum absolute atomic E-state index is 13.3. The van der Waals surface area contributed by atoms with Crippen LogP contribution < -0.4 is 0 Å². The van der Waals surface area contributed by atoms with Gasteiger partial charge in [0, 0.05) is 23.2 Å². The van der Waals surface area contributed by atoms with Gasteiger partial charge in [0.15, 0.2) is 23.4 Å². The third kappa shape index (κ3) is 2.65. The van der Waals surface area contributed by atoms with Crippen molar-refractivity contribution in [3.8, 4) is 0 Å². The molecule has 2 N–H and O–H groups in total. The molecule has 0 aromatic rings. The van der Waals surface area contributed by atoms with Gasteiger partial charge in [-0.25, -0.2) is 0 Å². The molecule has 5 aliphatic rings. The van der Waals surface area contributed by atoms with Crippen molar-refractivity contribution in [3.05, 3.63) is 23.8 Å². The molecule has 2 saturated carbocycles. The Morgan fingerprint density at radius 2 is 2.16 bits per heavy atom. The van der Waals surface area contributed by atoms with Crippen LogP contribution in [0.4, 0.5) is 0 Å². The topological polar surface area (TPSA) is 93.1 Å². The Hall–Kier alpha value is -1.34. The zero-order chi connectivity index (χ0) is 23.1. The highest BCUT2D eigenvalue weighted by Crippen LogP contribution is 2.69. The van der Waals surface area contributed by atoms with Crippen LogP contribution in [-0.4, -0.2) is 52.5 Å². The number of rotatable bonds is 4. The van der Waals surface area contributed by atoms with Crippen molar-refractivity contribution >= 4 is 11.6 Å². The summed E-state index contributed by atoms with van der Waals surface area (Å²) in [5.41, 5.74) is -1.51. The molecule has 1 aliphatic heterocycles. The van der Waals surface area contributed by atoms with Gasteiger partial charge in [0.25, 0.3) is 0 Å². The van der Waals surface area contributed by atoms with Gasteiger partial charge < -0.3 is 19.7 Å². The van der Waals surface area contributed by atoms with Crippen LogP contribution in [0.3, 0.4) is 0 Å². The van der Waals surface area contributed by atoms with Gasteiger partial charge in [0.1, 0.15) is 6.61 Å². The lowest BCUT2D eigenvalue weighted by Crippen LogP contribution is -2.63. The molecule has 0 aromatic carbocycles. The maximum Gasteiger partial charge on any atom is 0.193 e. The van der Waals surface area contributed by atoms with Crippen LogP contribution >= 0.6 is 0 Å². The molecule has 0 radical (unpaired) electrons. The summed E-state index contributed by atoms with van der Waals surface area (Å²) in [6.45, 7) is 5.35. The Kier molecular flexibility index (Phi) is 4.63. The highest BCUT2D eigenvalue weighted by Gasteiger charge is 2.75. The number of hydrogen-bond donors (Lipinski definition) is 2. The minimum Gasteiger partial charge on any atom is -0.393 e. The lowest BCUT2D eigenvalue weighted by atomic mass is 9.47. The van der Waals surface area contributed by atoms with Crippen LogP contribution in [0.2, 0.25) is 0 Å². The number of Topliss-reactive ketones (excluding diaryl/α,β-unsaturated/α-hetero) is 1. The number of aliphatic hydroxyl groups is 2. The van der Waals surface area contributed by atoms with E-state index in [1.165, 1.54) is 0 Å². The van der Waals surface area contributed by atoms with E-state index in [1.807, 2.05) is 19.9 Å². The summed E-state index contributed by atoms with van der Waals surface area (Å²) in [5.74, 6) is -0.313. The first-order valence-electron chi connectivity index (χ1n) is 12.2. The fraction of sp³-hybridized carbons (Fsp3) is 0.760. The van der Waals surface area contributed by atoms with E-state index in [0.29, 0.717) is 32.1 Å². The van der Waals surface area contributed by atoms with Crippen molar-refractivity contribution in [1.29, 1.82) is 0 Å². The second-order valence-electron chi connectivity index (χ2n) is 10.6. The number of ether oxygens (including phenoxy) is 2. The average molecular weight is 432 g/mol. The van der Waals surface area contributed by atoms with Gasteiger partial charge in [-0.15, -0.1) is 0 Å². The number of ketones is 2. The van der Waals surface area contributed by atoms with Crippen molar-refractivity contribution in [2.75, 3.05) is 6.61 Å². The van der Waals surface area contributed by atoms with Crippen LogP contribution in [0.1, 0.15) is 60.7 Å². The molecule has 4 aliphatic carbocycles. The Balaban J connectivity index is 1.58. The lowest BCUT2D eigenvalue weighted by Gasteiger charge is -2.59. The van der Waals surface area contributed by atoms with Gasteiger partial charge in [-0.05, 0) is 43.6 Å². The molecule has 6 heteroatoms. The molecule has 5 rings (SSSR count). The molecule has 6 nitrogen and oxygen atoms in total. The molecule has 0 aromatic heterocycles. The van der Waals surface area contributed by atoms with Crippen LogP contribution in [0.15, 0.2) is 23.8 Å². The van der Waals surface area contributed by atoms with Gasteiger partial charge in [0.05, 0.1) is 13.6 Å². The molecule has 1 heterocycles. The number of carbonyl (C=O) groups is 2. The third-order valence-corrected chi connectivity index (χ3v) is 9.18. The van der Waals surface area contributed by atoms with E-state index in [0.717, 1.165) is 12.0 Å². The summed E-state index contributed by atoms with van der Waals surface area (Å²) in [6, 6.07) is 0. The number of carbonyl (C=O) groups excluding carboxylic acids is 2. The van der Waals surface area contributed by atoms with E-state index in [1.54, 1.807) is 6.08 Å². The van der Waals surface area contributed by atoms with E-state index in [4.69, 9.17) is 10.8 Å². The first-order chi connectivity index (χ1) is 15.0. The molecule has 31 heavy (non-hydrogen) atoms.